The number of benzene rings is 1. The van der Waals surface area contributed by atoms with Crippen molar-refractivity contribution in [2.45, 2.75) is 49.5 Å². The number of ether oxygens (including phenoxy) is 2. The van der Waals surface area contributed by atoms with Crippen LogP contribution in [0.5, 0.6) is 0 Å². The Kier molecular flexibility index (Phi) is 7.35. The van der Waals surface area contributed by atoms with Crippen molar-refractivity contribution in [2.75, 3.05) is 13.7 Å². The van der Waals surface area contributed by atoms with Crippen molar-refractivity contribution in [1.29, 1.82) is 0 Å². The maximum absolute atomic E-state index is 11.0. The van der Waals surface area contributed by atoms with E-state index < -0.39 is 36.8 Å². The largest absolute Gasteiger partial charge is 0.394 e. The van der Waals surface area contributed by atoms with Crippen LogP contribution in [0.25, 0.3) is 0 Å². The van der Waals surface area contributed by atoms with E-state index in [4.69, 9.17) is 9.47 Å². The fourth-order valence-electron chi connectivity index (χ4n) is 3.01. The van der Waals surface area contributed by atoms with Crippen molar-refractivity contribution in [3.8, 4) is 11.8 Å². The molecule has 6 heteroatoms. The van der Waals surface area contributed by atoms with Crippen LogP contribution in [0.1, 0.15) is 24.0 Å². The van der Waals surface area contributed by atoms with E-state index in [1.165, 1.54) is 7.11 Å². The monoisotopic (exact) mass is 362 g/mol. The number of unbranched alkanes of at least 4 members (excludes halogenated alkanes) is 1. The van der Waals surface area contributed by atoms with Gasteiger partial charge < -0.3 is 29.9 Å². The van der Waals surface area contributed by atoms with Crippen LogP contribution in [0, 0.1) is 11.8 Å². The van der Waals surface area contributed by atoms with Crippen LogP contribution < -0.4 is 0 Å². The van der Waals surface area contributed by atoms with Crippen LogP contribution >= 0.6 is 0 Å². The molecule has 5 atom stereocenters. The number of hydrogen-bond acceptors (Lipinski definition) is 6. The summed E-state index contributed by atoms with van der Waals surface area (Å²) in [5, 5.41) is 41.2. The zero-order chi connectivity index (χ0) is 19.2. The molecule has 6 nitrogen and oxygen atoms in total. The number of rotatable bonds is 6. The Hall–Kier alpha value is -1.72. The number of aliphatic hydroxyl groups is 4. The summed E-state index contributed by atoms with van der Waals surface area (Å²) in [6, 6.07) is 7.21. The molecule has 0 aliphatic carbocycles. The van der Waals surface area contributed by atoms with Gasteiger partial charge in [-0.1, -0.05) is 30.0 Å². The molecular formula is C20H26O6. The normalized spacial score (nSPS) is 31.1. The van der Waals surface area contributed by atoms with Gasteiger partial charge in [0, 0.05) is 25.5 Å². The summed E-state index contributed by atoms with van der Waals surface area (Å²) in [4.78, 5) is 0. The van der Waals surface area contributed by atoms with E-state index in [0.29, 0.717) is 12.0 Å². The van der Waals surface area contributed by atoms with Gasteiger partial charge in [0.15, 0.2) is 6.29 Å². The van der Waals surface area contributed by atoms with Crippen molar-refractivity contribution in [1.82, 2.24) is 0 Å². The van der Waals surface area contributed by atoms with E-state index in [1.807, 2.05) is 6.07 Å². The molecule has 26 heavy (non-hydrogen) atoms. The van der Waals surface area contributed by atoms with E-state index in [2.05, 4.69) is 18.4 Å². The molecule has 2 rings (SSSR count). The molecule has 0 bridgehead atoms. The summed E-state index contributed by atoms with van der Waals surface area (Å²) in [7, 11) is 1.32. The van der Waals surface area contributed by atoms with Gasteiger partial charge in [-0.15, -0.1) is 6.58 Å². The molecule has 142 valence electrons. The van der Waals surface area contributed by atoms with Gasteiger partial charge >= 0.3 is 0 Å². The smallest absolute Gasteiger partial charge is 0.186 e. The molecule has 0 amide bonds. The summed E-state index contributed by atoms with van der Waals surface area (Å²) in [5.74, 6) is 6.08. The van der Waals surface area contributed by atoms with Crippen molar-refractivity contribution in [3.05, 3.63) is 48.0 Å². The van der Waals surface area contributed by atoms with Gasteiger partial charge in [-0.25, -0.2) is 0 Å². The van der Waals surface area contributed by atoms with E-state index in [0.717, 1.165) is 12.0 Å². The molecule has 1 heterocycles. The maximum Gasteiger partial charge on any atom is 0.186 e. The van der Waals surface area contributed by atoms with Crippen LogP contribution in [0.2, 0.25) is 0 Å². The van der Waals surface area contributed by atoms with Crippen LogP contribution in [-0.4, -0.2) is 64.3 Å². The molecule has 1 aromatic rings. The summed E-state index contributed by atoms with van der Waals surface area (Å²) in [5.41, 5.74) is -0.468. The van der Waals surface area contributed by atoms with Gasteiger partial charge in [0.1, 0.15) is 23.9 Å². The summed E-state index contributed by atoms with van der Waals surface area (Å²) in [6.45, 7) is 3.14. The van der Waals surface area contributed by atoms with Crippen molar-refractivity contribution in [2.24, 2.45) is 0 Å². The minimum Gasteiger partial charge on any atom is -0.394 e. The van der Waals surface area contributed by atoms with Crippen LogP contribution in [0.4, 0.5) is 0 Å². The van der Waals surface area contributed by atoms with Crippen molar-refractivity contribution < 1.29 is 29.9 Å². The summed E-state index contributed by atoms with van der Waals surface area (Å²) >= 11 is 0. The second-order valence-corrected chi connectivity index (χ2v) is 6.35. The second kappa shape index (κ2) is 9.28. The molecule has 0 radical (unpaired) electrons. The molecule has 1 aromatic carbocycles. The molecule has 0 unspecified atom stereocenters. The first-order chi connectivity index (χ1) is 12.5. The van der Waals surface area contributed by atoms with Crippen molar-refractivity contribution >= 4 is 0 Å². The Bertz CT molecular complexity index is 646. The zero-order valence-electron chi connectivity index (χ0n) is 14.8. The lowest BCUT2D eigenvalue weighted by molar-refractivity contribution is -0.327. The third-order valence-electron chi connectivity index (χ3n) is 4.48. The van der Waals surface area contributed by atoms with E-state index in [9.17, 15) is 20.4 Å². The number of allylic oxidation sites excluding steroid dienone is 1. The highest BCUT2D eigenvalue weighted by Crippen LogP contribution is 2.33. The topological polar surface area (TPSA) is 99.4 Å². The second-order valence-electron chi connectivity index (χ2n) is 6.35. The predicted octanol–water partition coefficient (Wildman–Crippen LogP) is 0.363. The standard InChI is InChI=1S/C20H26O6/c1-3-4-5-6-8-14-9-7-10-15(11-14)12-20(24)17(22)16(13-21)26-19(25-2)18(20)23/h3,7,9-11,16-19,21-24H,1,4-5,12-13H2,2H3/t16-,17+,18+,19-,20+/m1/s1. The van der Waals surface area contributed by atoms with Crippen molar-refractivity contribution in [3.63, 3.8) is 0 Å². The van der Waals surface area contributed by atoms with Gasteiger partial charge in [-0.05, 0) is 24.1 Å². The molecular weight excluding hydrogens is 336 g/mol. The van der Waals surface area contributed by atoms with Gasteiger partial charge in [0.05, 0.1) is 6.61 Å². The lowest BCUT2D eigenvalue weighted by atomic mass is 9.79. The molecule has 1 aliphatic rings. The minimum absolute atomic E-state index is 0.0444. The first kappa shape index (κ1) is 20.6. The van der Waals surface area contributed by atoms with E-state index in [1.54, 1.807) is 24.3 Å². The molecule has 4 N–H and O–H groups in total. The zero-order valence-corrected chi connectivity index (χ0v) is 14.8. The van der Waals surface area contributed by atoms with Crippen LogP contribution in [0.3, 0.4) is 0 Å². The maximum atomic E-state index is 11.0. The minimum atomic E-state index is -1.93. The Morgan fingerprint density at radius 1 is 1.35 bits per heavy atom. The molecule has 1 fully saturated rings. The Balaban J connectivity index is 2.23. The highest BCUT2D eigenvalue weighted by Gasteiger charge is 2.55. The SMILES string of the molecule is C=CCCC#Cc1cccc(C[C@@]2(O)[C@@H](O)[C@H](OC)O[C@H](CO)[C@@H]2O)c1. The first-order valence-corrected chi connectivity index (χ1v) is 8.52. The Labute approximate surface area is 153 Å². The fraction of sp³-hybridized carbons (Fsp3) is 0.500. The quantitative estimate of drug-likeness (QED) is 0.331. The lowest BCUT2D eigenvalue weighted by Gasteiger charge is -2.47. The van der Waals surface area contributed by atoms with Gasteiger partial charge in [-0.2, -0.15) is 0 Å². The third kappa shape index (κ3) is 4.51. The highest BCUT2D eigenvalue weighted by molar-refractivity contribution is 5.38. The average molecular weight is 362 g/mol. The third-order valence-corrected chi connectivity index (χ3v) is 4.48. The van der Waals surface area contributed by atoms with E-state index in [-0.39, 0.29) is 6.42 Å². The number of hydrogen-bond donors (Lipinski definition) is 4. The molecule has 1 aliphatic heterocycles. The first-order valence-electron chi connectivity index (χ1n) is 8.52. The van der Waals surface area contributed by atoms with Gasteiger partial charge in [0.2, 0.25) is 0 Å². The molecule has 0 spiro atoms. The number of aliphatic hydroxyl groups excluding tert-OH is 3. The fourth-order valence-corrected chi connectivity index (χ4v) is 3.01. The predicted molar refractivity (Wildman–Crippen MR) is 96.2 cm³/mol. The Morgan fingerprint density at radius 2 is 2.12 bits per heavy atom. The summed E-state index contributed by atoms with van der Waals surface area (Å²) in [6.07, 6.45) is -1.89. The highest BCUT2D eigenvalue weighted by atomic mass is 16.7. The molecule has 0 aromatic heterocycles. The molecule has 1 saturated heterocycles. The molecule has 0 saturated carbocycles. The van der Waals surface area contributed by atoms with Crippen LogP contribution in [0.15, 0.2) is 36.9 Å². The average Bonchev–Trinajstić information content (AvgIpc) is 2.64. The van der Waals surface area contributed by atoms with Gasteiger partial charge in [-0.3, -0.25) is 0 Å². The Morgan fingerprint density at radius 3 is 2.77 bits per heavy atom. The lowest BCUT2D eigenvalue weighted by Crippen LogP contribution is -2.68. The van der Waals surface area contributed by atoms with E-state index >= 15 is 0 Å². The van der Waals surface area contributed by atoms with Gasteiger partial charge in [0.25, 0.3) is 0 Å². The number of methoxy groups -OCH3 is 1. The van der Waals surface area contributed by atoms with Crippen LogP contribution in [-0.2, 0) is 15.9 Å². The summed E-state index contributed by atoms with van der Waals surface area (Å²) < 4.78 is 10.3.